The SMILES string of the molecule is CCC(Nc1c([N+](=O)[O-])c(C)nn1C)C(=O)NCC1(COC)CCNCC1.Cl. The fourth-order valence-corrected chi connectivity index (χ4v) is 3.58. The van der Waals surface area contributed by atoms with Crippen LogP contribution >= 0.6 is 12.4 Å². The topological polar surface area (TPSA) is 123 Å². The highest BCUT2D eigenvalue weighted by atomic mass is 35.5. The van der Waals surface area contributed by atoms with E-state index in [4.69, 9.17) is 4.74 Å². The minimum atomic E-state index is -0.584. The molecule has 1 aliphatic rings. The molecule has 0 aromatic carbocycles. The van der Waals surface area contributed by atoms with Gasteiger partial charge in [0.1, 0.15) is 11.7 Å². The number of carbonyl (C=O) groups is 1. The maximum absolute atomic E-state index is 12.7. The molecule has 1 atom stereocenters. The normalized spacial score (nSPS) is 16.7. The zero-order valence-corrected chi connectivity index (χ0v) is 17.7. The zero-order valence-electron chi connectivity index (χ0n) is 16.9. The van der Waals surface area contributed by atoms with Gasteiger partial charge in [-0.2, -0.15) is 5.10 Å². The van der Waals surface area contributed by atoms with Gasteiger partial charge >= 0.3 is 5.69 Å². The van der Waals surface area contributed by atoms with Gasteiger partial charge in [-0.05, 0) is 39.3 Å². The fourth-order valence-electron chi connectivity index (χ4n) is 3.58. The molecule has 3 N–H and O–H groups in total. The van der Waals surface area contributed by atoms with Crippen LogP contribution in [0.5, 0.6) is 0 Å². The number of ether oxygens (including phenoxy) is 1. The van der Waals surface area contributed by atoms with Crippen molar-refractivity contribution in [1.82, 2.24) is 20.4 Å². The number of nitrogens with one attached hydrogen (secondary N) is 3. The Kier molecular flexibility index (Phi) is 9.12. The van der Waals surface area contributed by atoms with E-state index < -0.39 is 11.0 Å². The smallest absolute Gasteiger partial charge is 0.333 e. The van der Waals surface area contributed by atoms with E-state index in [1.807, 2.05) is 6.92 Å². The van der Waals surface area contributed by atoms with Gasteiger partial charge < -0.3 is 20.7 Å². The van der Waals surface area contributed by atoms with Crippen molar-refractivity contribution in [3.8, 4) is 0 Å². The molecule has 0 bridgehead atoms. The summed E-state index contributed by atoms with van der Waals surface area (Å²) in [5, 5.41) is 24.8. The van der Waals surface area contributed by atoms with Crippen LogP contribution in [0.25, 0.3) is 0 Å². The van der Waals surface area contributed by atoms with Crippen LogP contribution in [0.1, 0.15) is 31.9 Å². The van der Waals surface area contributed by atoms with Crippen molar-refractivity contribution in [2.24, 2.45) is 12.5 Å². The van der Waals surface area contributed by atoms with E-state index in [0.717, 1.165) is 25.9 Å². The van der Waals surface area contributed by atoms with Crippen molar-refractivity contribution in [2.75, 3.05) is 38.7 Å². The number of amides is 1. The number of nitrogens with zero attached hydrogens (tertiary/aromatic N) is 3. The lowest BCUT2D eigenvalue weighted by Crippen LogP contribution is -2.50. The molecule has 2 rings (SSSR count). The second kappa shape index (κ2) is 10.6. The van der Waals surface area contributed by atoms with Crippen molar-refractivity contribution in [1.29, 1.82) is 0 Å². The Morgan fingerprint density at radius 3 is 2.64 bits per heavy atom. The van der Waals surface area contributed by atoms with E-state index in [2.05, 4.69) is 21.0 Å². The Balaban J connectivity index is 0.00000392. The van der Waals surface area contributed by atoms with Gasteiger partial charge in [-0.3, -0.25) is 14.9 Å². The molecule has 1 saturated heterocycles. The number of piperidine rings is 1. The average molecular weight is 419 g/mol. The molecule has 0 spiro atoms. The number of rotatable bonds is 9. The highest BCUT2D eigenvalue weighted by molar-refractivity contribution is 5.85. The number of anilines is 1. The molecule has 1 aliphatic heterocycles. The highest BCUT2D eigenvalue weighted by Crippen LogP contribution is 2.29. The van der Waals surface area contributed by atoms with Crippen LogP contribution in [0, 0.1) is 22.5 Å². The first-order chi connectivity index (χ1) is 12.8. The van der Waals surface area contributed by atoms with Gasteiger partial charge in [-0.25, -0.2) is 4.68 Å². The van der Waals surface area contributed by atoms with Gasteiger partial charge in [0.25, 0.3) is 0 Å². The molecule has 28 heavy (non-hydrogen) atoms. The summed E-state index contributed by atoms with van der Waals surface area (Å²) in [6.07, 6.45) is 2.35. The molecule has 10 nitrogen and oxygen atoms in total. The molecular weight excluding hydrogens is 388 g/mol. The predicted molar refractivity (Wildman–Crippen MR) is 109 cm³/mol. The van der Waals surface area contributed by atoms with E-state index in [1.165, 1.54) is 4.68 Å². The Bertz CT molecular complexity index is 669. The van der Waals surface area contributed by atoms with E-state index in [9.17, 15) is 14.9 Å². The average Bonchev–Trinajstić information content (AvgIpc) is 2.92. The second-order valence-electron chi connectivity index (χ2n) is 7.17. The molecule has 0 aliphatic carbocycles. The largest absolute Gasteiger partial charge is 0.384 e. The van der Waals surface area contributed by atoms with E-state index in [0.29, 0.717) is 25.3 Å². The summed E-state index contributed by atoms with van der Waals surface area (Å²) in [5.74, 6) is 0.0626. The fraction of sp³-hybridized carbons (Fsp3) is 0.765. The molecule has 160 valence electrons. The van der Waals surface area contributed by atoms with Crippen LogP contribution in [0.15, 0.2) is 0 Å². The lowest BCUT2D eigenvalue weighted by molar-refractivity contribution is -0.384. The molecular formula is C17H31ClN6O4. The number of aromatic nitrogens is 2. The lowest BCUT2D eigenvalue weighted by atomic mass is 9.79. The van der Waals surface area contributed by atoms with Crippen molar-refractivity contribution in [3.05, 3.63) is 15.8 Å². The third kappa shape index (κ3) is 5.55. The number of hydrogen-bond acceptors (Lipinski definition) is 7. The number of hydrogen-bond donors (Lipinski definition) is 3. The predicted octanol–water partition coefficient (Wildman–Crippen LogP) is 1.38. The summed E-state index contributed by atoms with van der Waals surface area (Å²) in [5.41, 5.74) is 0.134. The maximum atomic E-state index is 12.7. The third-order valence-corrected chi connectivity index (χ3v) is 5.16. The van der Waals surface area contributed by atoms with Crippen LogP contribution in [0.3, 0.4) is 0 Å². The van der Waals surface area contributed by atoms with Crippen LogP contribution in [-0.4, -0.2) is 60.0 Å². The molecule has 0 saturated carbocycles. The first kappa shape index (κ1) is 24.1. The van der Waals surface area contributed by atoms with Crippen LogP contribution < -0.4 is 16.0 Å². The summed E-state index contributed by atoms with van der Waals surface area (Å²) in [6.45, 7) is 6.35. The number of carbonyl (C=O) groups excluding carboxylic acids is 1. The first-order valence-electron chi connectivity index (χ1n) is 9.25. The monoisotopic (exact) mass is 418 g/mol. The lowest BCUT2D eigenvalue weighted by Gasteiger charge is -2.37. The maximum Gasteiger partial charge on any atom is 0.333 e. The minimum absolute atomic E-state index is 0. The van der Waals surface area contributed by atoms with Gasteiger partial charge in [0.2, 0.25) is 11.7 Å². The van der Waals surface area contributed by atoms with E-state index in [-0.39, 0.29) is 35.2 Å². The van der Waals surface area contributed by atoms with Gasteiger partial charge in [0.15, 0.2) is 0 Å². The summed E-state index contributed by atoms with van der Waals surface area (Å²) >= 11 is 0. The number of nitro groups is 1. The standard InChI is InChI=1S/C17H30N6O4.ClH/c1-5-13(20-15-14(23(25)26)12(2)21-22(15)3)16(24)19-10-17(11-27-4)6-8-18-9-7-17;/h13,18,20H,5-11H2,1-4H3,(H,19,24);1H. The summed E-state index contributed by atoms with van der Waals surface area (Å²) in [4.78, 5) is 23.6. The Labute approximate surface area is 171 Å². The summed E-state index contributed by atoms with van der Waals surface area (Å²) < 4.78 is 6.78. The molecule has 2 heterocycles. The van der Waals surface area contributed by atoms with Gasteiger partial charge in [0.05, 0.1) is 11.5 Å². The molecule has 1 aromatic rings. The van der Waals surface area contributed by atoms with E-state index in [1.54, 1.807) is 21.1 Å². The summed E-state index contributed by atoms with van der Waals surface area (Å²) in [7, 11) is 3.29. The summed E-state index contributed by atoms with van der Waals surface area (Å²) in [6, 6.07) is -0.584. The van der Waals surface area contributed by atoms with Gasteiger partial charge in [-0.1, -0.05) is 6.92 Å². The zero-order chi connectivity index (χ0) is 20.0. The molecule has 1 fully saturated rings. The Morgan fingerprint density at radius 1 is 1.46 bits per heavy atom. The Hall–Kier alpha value is -1.91. The van der Waals surface area contributed by atoms with Crippen LogP contribution in [0.4, 0.5) is 11.5 Å². The Morgan fingerprint density at radius 2 is 2.11 bits per heavy atom. The minimum Gasteiger partial charge on any atom is -0.384 e. The molecule has 0 radical (unpaired) electrons. The highest BCUT2D eigenvalue weighted by Gasteiger charge is 2.34. The quantitative estimate of drug-likeness (QED) is 0.409. The van der Waals surface area contributed by atoms with Crippen LogP contribution in [-0.2, 0) is 16.6 Å². The molecule has 1 amide bonds. The van der Waals surface area contributed by atoms with Gasteiger partial charge in [0, 0.05) is 26.1 Å². The number of methoxy groups -OCH3 is 1. The second-order valence-corrected chi connectivity index (χ2v) is 7.17. The van der Waals surface area contributed by atoms with Crippen molar-refractivity contribution < 1.29 is 14.5 Å². The number of aryl methyl sites for hydroxylation is 2. The van der Waals surface area contributed by atoms with Crippen molar-refractivity contribution in [2.45, 2.75) is 39.2 Å². The molecule has 1 aromatic heterocycles. The van der Waals surface area contributed by atoms with Crippen molar-refractivity contribution >= 4 is 29.8 Å². The molecule has 1 unspecified atom stereocenters. The first-order valence-corrected chi connectivity index (χ1v) is 9.25. The third-order valence-electron chi connectivity index (χ3n) is 5.16. The van der Waals surface area contributed by atoms with E-state index >= 15 is 0 Å². The van der Waals surface area contributed by atoms with Crippen molar-refractivity contribution in [3.63, 3.8) is 0 Å². The van der Waals surface area contributed by atoms with Crippen LogP contribution in [0.2, 0.25) is 0 Å². The van der Waals surface area contributed by atoms with Gasteiger partial charge in [-0.15, -0.1) is 12.4 Å². The number of halogens is 1. The molecule has 11 heteroatoms.